The lowest BCUT2D eigenvalue weighted by atomic mass is 10.1. The van der Waals surface area contributed by atoms with E-state index < -0.39 is 27.6 Å². The Balaban J connectivity index is 1.90. The molecule has 5 nitrogen and oxygen atoms in total. The average molecular weight is 416 g/mol. The third kappa shape index (κ3) is 4.60. The largest absolute Gasteiger partial charge is 0.322 e. The fourth-order valence-electron chi connectivity index (χ4n) is 2.72. The van der Waals surface area contributed by atoms with Gasteiger partial charge in [-0.15, -0.1) is 0 Å². The number of hydrogen-bond acceptors (Lipinski definition) is 3. The first kappa shape index (κ1) is 20.5. The number of aryl methyl sites for hydroxylation is 2. The van der Waals surface area contributed by atoms with Gasteiger partial charge in [0.1, 0.15) is 11.6 Å². The molecule has 29 heavy (non-hydrogen) atoms. The predicted octanol–water partition coefficient (Wildman–Crippen LogP) is 4.63. The minimum absolute atomic E-state index is 0.0618. The van der Waals surface area contributed by atoms with Gasteiger partial charge >= 0.3 is 0 Å². The quantitative estimate of drug-likeness (QED) is 0.637. The minimum atomic E-state index is -4.04. The highest BCUT2D eigenvalue weighted by Gasteiger charge is 2.20. The number of amides is 1. The molecule has 3 aromatic rings. The molecule has 0 bridgehead atoms. The summed E-state index contributed by atoms with van der Waals surface area (Å²) in [5.74, 6) is -1.50. The van der Waals surface area contributed by atoms with Crippen LogP contribution < -0.4 is 10.0 Å². The number of benzene rings is 3. The van der Waals surface area contributed by atoms with Crippen LogP contribution in [0.2, 0.25) is 0 Å². The molecular formula is C21H18F2N2O3S. The number of halogens is 2. The first-order valence-corrected chi connectivity index (χ1v) is 10.1. The normalized spacial score (nSPS) is 11.2. The molecule has 2 N–H and O–H groups in total. The Labute approximate surface area is 167 Å². The summed E-state index contributed by atoms with van der Waals surface area (Å²) < 4.78 is 54.5. The van der Waals surface area contributed by atoms with Gasteiger partial charge in [0.2, 0.25) is 0 Å². The van der Waals surface area contributed by atoms with Gasteiger partial charge in [-0.3, -0.25) is 9.52 Å². The smallest absolute Gasteiger partial charge is 0.261 e. The number of anilines is 2. The predicted molar refractivity (Wildman–Crippen MR) is 107 cm³/mol. The monoisotopic (exact) mass is 416 g/mol. The molecule has 0 saturated heterocycles. The lowest BCUT2D eigenvalue weighted by molar-refractivity contribution is 0.102. The van der Waals surface area contributed by atoms with E-state index in [-0.39, 0.29) is 21.7 Å². The van der Waals surface area contributed by atoms with Crippen LogP contribution in [0.15, 0.2) is 65.6 Å². The lowest BCUT2D eigenvalue weighted by Gasteiger charge is -2.14. The van der Waals surface area contributed by atoms with Gasteiger partial charge in [0.15, 0.2) is 0 Å². The van der Waals surface area contributed by atoms with Gasteiger partial charge in [-0.2, -0.15) is 0 Å². The van der Waals surface area contributed by atoms with E-state index >= 15 is 0 Å². The minimum Gasteiger partial charge on any atom is -0.322 e. The zero-order valence-electron chi connectivity index (χ0n) is 15.7. The highest BCUT2D eigenvalue weighted by molar-refractivity contribution is 7.92. The van der Waals surface area contributed by atoms with E-state index in [0.717, 1.165) is 12.1 Å². The number of carbonyl (C=O) groups is 1. The molecule has 8 heteroatoms. The van der Waals surface area contributed by atoms with E-state index in [2.05, 4.69) is 10.0 Å². The van der Waals surface area contributed by atoms with E-state index in [1.54, 1.807) is 19.1 Å². The van der Waals surface area contributed by atoms with Crippen LogP contribution in [0, 0.1) is 25.5 Å². The second-order valence-corrected chi connectivity index (χ2v) is 8.16. The zero-order chi connectivity index (χ0) is 21.2. The molecule has 3 rings (SSSR count). The zero-order valence-corrected chi connectivity index (χ0v) is 16.5. The summed E-state index contributed by atoms with van der Waals surface area (Å²) in [6.45, 7) is 3.10. The van der Waals surface area contributed by atoms with Crippen molar-refractivity contribution in [1.29, 1.82) is 0 Å². The molecule has 150 valence electrons. The number of nitrogens with one attached hydrogen (secondary N) is 2. The topological polar surface area (TPSA) is 75.3 Å². The molecule has 0 fully saturated rings. The maximum Gasteiger partial charge on any atom is 0.261 e. The molecule has 1 amide bonds. The van der Waals surface area contributed by atoms with Crippen LogP contribution in [0.3, 0.4) is 0 Å². The van der Waals surface area contributed by atoms with E-state index in [1.165, 1.54) is 43.3 Å². The molecule has 0 spiro atoms. The number of hydrogen-bond donors (Lipinski definition) is 2. The van der Waals surface area contributed by atoms with Crippen LogP contribution in [0.1, 0.15) is 21.5 Å². The molecule has 0 aliphatic rings. The summed E-state index contributed by atoms with van der Waals surface area (Å²) in [5, 5.41) is 2.65. The van der Waals surface area contributed by atoms with Gasteiger partial charge < -0.3 is 5.32 Å². The summed E-state index contributed by atoms with van der Waals surface area (Å²) in [4.78, 5) is 12.6. The summed E-state index contributed by atoms with van der Waals surface area (Å²) in [5.41, 5.74) is 1.26. The second kappa shape index (κ2) is 8.00. The van der Waals surface area contributed by atoms with Gasteiger partial charge in [-0.05, 0) is 73.5 Å². The highest BCUT2D eigenvalue weighted by atomic mass is 32.2. The SMILES string of the molecule is Cc1cc(S(=O)(=O)Nc2ccccc2C(=O)Nc2ccc(F)cc2C)ccc1F. The Morgan fingerprint density at radius 1 is 0.862 bits per heavy atom. The van der Waals surface area contributed by atoms with Crippen molar-refractivity contribution in [3.63, 3.8) is 0 Å². The Hall–Kier alpha value is -3.26. The standard InChI is InChI=1S/C21H18F2N2O3S/c1-13-12-16(8-9-18(13)23)29(27,28)25-20-6-4-3-5-17(20)21(26)24-19-10-7-15(22)11-14(19)2/h3-12,25H,1-2H3,(H,24,26). The maximum atomic E-state index is 13.5. The van der Waals surface area contributed by atoms with Crippen LogP contribution in [-0.4, -0.2) is 14.3 Å². The molecular weight excluding hydrogens is 398 g/mol. The Morgan fingerprint density at radius 3 is 2.28 bits per heavy atom. The van der Waals surface area contributed by atoms with Gasteiger partial charge in [0.25, 0.3) is 15.9 Å². The fraction of sp³-hybridized carbons (Fsp3) is 0.0952. The first-order valence-electron chi connectivity index (χ1n) is 8.63. The summed E-state index contributed by atoms with van der Waals surface area (Å²) in [7, 11) is -4.04. The molecule has 3 aromatic carbocycles. The molecule has 0 aliphatic heterocycles. The van der Waals surface area contributed by atoms with Gasteiger partial charge in [-0.25, -0.2) is 17.2 Å². The fourth-order valence-corrected chi connectivity index (χ4v) is 3.88. The van der Waals surface area contributed by atoms with Crippen LogP contribution in [0.4, 0.5) is 20.2 Å². The van der Waals surface area contributed by atoms with Gasteiger partial charge in [-0.1, -0.05) is 12.1 Å². The van der Waals surface area contributed by atoms with Gasteiger partial charge in [0, 0.05) is 5.69 Å². The Bertz CT molecular complexity index is 1190. The van der Waals surface area contributed by atoms with Crippen LogP contribution in [0.25, 0.3) is 0 Å². The third-order valence-corrected chi connectivity index (χ3v) is 5.66. The van der Waals surface area contributed by atoms with Crippen molar-refractivity contribution >= 4 is 27.3 Å². The molecule has 0 aromatic heterocycles. The number of rotatable bonds is 5. The van der Waals surface area contributed by atoms with Crippen LogP contribution >= 0.6 is 0 Å². The number of carbonyl (C=O) groups excluding carboxylic acids is 1. The average Bonchev–Trinajstić information content (AvgIpc) is 2.66. The van der Waals surface area contributed by atoms with Crippen molar-refractivity contribution in [3.8, 4) is 0 Å². The third-order valence-electron chi connectivity index (χ3n) is 4.29. The summed E-state index contributed by atoms with van der Waals surface area (Å²) in [6, 6.07) is 13.4. The number of sulfonamides is 1. The van der Waals surface area contributed by atoms with E-state index in [9.17, 15) is 22.0 Å². The van der Waals surface area contributed by atoms with E-state index in [4.69, 9.17) is 0 Å². The molecule has 0 radical (unpaired) electrons. The lowest BCUT2D eigenvalue weighted by Crippen LogP contribution is -2.19. The molecule has 0 aliphatic carbocycles. The Kier molecular flexibility index (Phi) is 5.65. The number of para-hydroxylation sites is 1. The van der Waals surface area contributed by atoms with Crippen molar-refractivity contribution in [2.45, 2.75) is 18.7 Å². The first-order chi connectivity index (χ1) is 13.7. The van der Waals surface area contributed by atoms with Crippen molar-refractivity contribution < 1.29 is 22.0 Å². The highest BCUT2D eigenvalue weighted by Crippen LogP contribution is 2.23. The molecule has 0 atom stereocenters. The molecule has 0 saturated carbocycles. The summed E-state index contributed by atoms with van der Waals surface area (Å²) in [6.07, 6.45) is 0. The second-order valence-electron chi connectivity index (χ2n) is 6.48. The van der Waals surface area contributed by atoms with Crippen LogP contribution in [0.5, 0.6) is 0 Å². The molecule has 0 heterocycles. The van der Waals surface area contributed by atoms with Crippen molar-refractivity contribution in [1.82, 2.24) is 0 Å². The summed E-state index contributed by atoms with van der Waals surface area (Å²) >= 11 is 0. The van der Waals surface area contributed by atoms with E-state index in [0.29, 0.717) is 11.3 Å². The van der Waals surface area contributed by atoms with Gasteiger partial charge in [0.05, 0.1) is 16.1 Å². The van der Waals surface area contributed by atoms with Crippen LogP contribution in [-0.2, 0) is 10.0 Å². The van der Waals surface area contributed by atoms with Crippen molar-refractivity contribution in [3.05, 3.63) is 89.0 Å². The Morgan fingerprint density at radius 2 is 1.59 bits per heavy atom. The van der Waals surface area contributed by atoms with Crippen molar-refractivity contribution in [2.75, 3.05) is 10.0 Å². The van der Waals surface area contributed by atoms with E-state index in [1.807, 2.05) is 0 Å². The maximum absolute atomic E-state index is 13.5. The molecule has 0 unspecified atom stereocenters. The van der Waals surface area contributed by atoms with Crippen molar-refractivity contribution in [2.24, 2.45) is 0 Å².